The monoisotopic (exact) mass is 417 g/mol. The molecule has 1 saturated heterocycles. The predicted octanol–water partition coefficient (Wildman–Crippen LogP) is 2.75. The van der Waals surface area contributed by atoms with E-state index in [1.54, 1.807) is 0 Å². The fourth-order valence-electron chi connectivity index (χ4n) is 2.40. The molecule has 1 aliphatic rings. The van der Waals surface area contributed by atoms with E-state index in [1.165, 1.54) is 12.8 Å². The number of nitrogens with one attached hydrogen (secondary N) is 1. The second-order valence-electron chi connectivity index (χ2n) is 6.03. The Balaban J connectivity index is 0.00000242. The lowest BCUT2D eigenvalue weighted by Crippen LogP contribution is -2.32. The molecule has 0 unspecified atom stereocenters. The van der Waals surface area contributed by atoms with Crippen molar-refractivity contribution in [3.63, 3.8) is 0 Å². The highest BCUT2D eigenvalue weighted by atomic mass is 127. The van der Waals surface area contributed by atoms with Crippen molar-refractivity contribution in [2.24, 2.45) is 16.6 Å². The van der Waals surface area contributed by atoms with Gasteiger partial charge in [-0.1, -0.05) is 13.8 Å². The van der Waals surface area contributed by atoms with Crippen molar-refractivity contribution in [1.82, 2.24) is 10.3 Å². The minimum absolute atomic E-state index is 0. The van der Waals surface area contributed by atoms with Crippen LogP contribution in [0.25, 0.3) is 0 Å². The summed E-state index contributed by atoms with van der Waals surface area (Å²) in [5.41, 5.74) is 7.03. The molecular formula is C16H28IN5. The summed E-state index contributed by atoms with van der Waals surface area (Å²) in [4.78, 5) is 11.2. The number of guanidine groups is 1. The number of aromatic nitrogens is 1. The Morgan fingerprint density at radius 3 is 2.82 bits per heavy atom. The smallest absolute Gasteiger partial charge is 0.188 e. The average Bonchev–Trinajstić information content (AvgIpc) is 2.99. The predicted molar refractivity (Wildman–Crippen MR) is 104 cm³/mol. The molecule has 0 aromatic carbocycles. The topological polar surface area (TPSA) is 66.5 Å². The number of rotatable bonds is 6. The zero-order valence-corrected chi connectivity index (χ0v) is 15.9. The quantitative estimate of drug-likeness (QED) is 0.425. The van der Waals surface area contributed by atoms with Gasteiger partial charge in [0.25, 0.3) is 0 Å². The number of nitrogens with zero attached hydrogens (tertiary/aromatic N) is 3. The van der Waals surface area contributed by atoms with E-state index in [2.05, 4.69) is 40.1 Å². The number of halogens is 1. The first kappa shape index (κ1) is 19.0. The molecule has 2 rings (SSSR count). The van der Waals surface area contributed by atoms with Crippen molar-refractivity contribution in [3.05, 3.63) is 23.9 Å². The number of hydrogen-bond acceptors (Lipinski definition) is 3. The molecule has 0 amide bonds. The van der Waals surface area contributed by atoms with E-state index >= 15 is 0 Å². The van der Waals surface area contributed by atoms with E-state index in [9.17, 15) is 0 Å². The Kier molecular flexibility index (Phi) is 8.52. The zero-order chi connectivity index (χ0) is 15.1. The summed E-state index contributed by atoms with van der Waals surface area (Å²) >= 11 is 0. The molecule has 0 radical (unpaired) electrons. The van der Waals surface area contributed by atoms with E-state index in [0.717, 1.165) is 37.4 Å². The lowest BCUT2D eigenvalue weighted by molar-refractivity contribution is 0.576. The molecule has 0 saturated carbocycles. The lowest BCUT2D eigenvalue weighted by Gasteiger charge is -2.16. The third-order valence-corrected chi connectivity index (χ3v) is 3.70. The lowest BCUT2D eigenvalue weighted by atomic mass is 10.1. The SMILES string of the molecule is CC(C)CCNC(N)=NCc1ccnc(N2CCCC2)c1.I. The van der Waals surface area contributed by atoms with Crippen molar-refractivity contribution in [2.45, 2.75) is 39.7 Å². The first-order chi connectivity index (χ1) is 10.1. The molecule has 6 heteroatoms. The first-order valence-electron chi connectivity index (χ1n) is 7.89. The molecule has 124 valence electrons. The Morgan fingerprint density at radius 2 is 2.14 bits per heavy atom. The summed E-state index contributed by atoms with van der Waals surface area (Å²) in [6, 6.07) is 4.13. The standard InChI is InChI=1S/C16H27N5.HI/c1-13(2)5-7-19-16(17)20-12-14-6-8-18-15(11-14)21-9-3-4-10-21;/h6,8,11,13H,3-5,7,9-10,12H2,1-2H3,(H3,17,19,20);1H. The normalized spacial score (nSPS) is 15.0. The van der Waals surface area contributed by atoms with Crippen molar-refractivity contribution in [3.8, 4) is 0 Å². The van der Waals surface area contributed by atoms with Gasteiger partial charge in [-0.05, 0) is 42.9 Å². The van der Waals surface area contributed by atoms with Crippen LogP contribution in [0, 0.1) is 5.92 Å². The van der Waals surface area contributed by atoms with Crippen molar-refractivity contribution in [2.75, 3.05) is 24.5 Å². The maximum Gasteiger partial charge on any atom is 0.188 e. The van der Waals surface area contributed by atoms with Crippen LogP contribution in [-0.2, 0) is 6.54 Å². The second kappa shape index (κ2) is 9.86. The fraction of sp³-hybridized carbons (Fsp3) is 0.625. The summed E-state index contributed by atoms with van der Waals surface area (Å²) in [5.74, 6) is 2.26. The van der Waals surface area contributed by atoms with Crippen LogP contribution < -0.4 is 16.0 Å². The van der Waals surface area contributed by atoms with Crippen LogP contribution >= 0.6 is 24.0 Å². The van der Waals surface area contributed by atoms with E-state index in [0.29, 0.717) is 18.4 Å². The number of anilines is 1. The molecule has 0 aliphatic carbocycles. The van der Waals surface area contributed by atoms with Crippen LogP contribution in [0.1, 0.15) is 38.7 Å². The molecule has 1 aliphatic heterocycles. The Hall–Kier alpha value is -1.05. The zero-order valence-electron chi connectivity index (χ0n) is 13.6. The molecular weight excluding hydrogens is 389 g/mol. The highest BCUT2D eigenvalue weighted by molar-refractivity contribution is 14.0. The molecule has 3 N–H and O–H groups in total. The molecule has 22 heavy (non-hydrogen) atoms. The number of aliphatic imine (C=N–C) groups is 1. The van der Waals surface area contributed by atoms with Crippen LogP contribution in [0.5, 0.6) is 0 Å². The maximum absolute atomic E-state index is 5.88. The van der Waals surface area contributed by atoms with Crippen LogP contribution in [0.3, 0.4) is 0 Å². The van der Waals surface area contributed by atoms with E-state index in [4.69, 9.17) is 5.73 Å². The molecule has 5 nitrogen and oxygen atoms in total. The minimum atomic E-state index is 0. The van der Waals surface area contributed by atoms with Gasteiger partial charge in [0.05, 0.1) is 6.54 Å². The van der Waals surface area contributed by atoms with Gasteiger partial charge in [-0.25, -0.2) is 9.98 Å². The summed E-state index contributed by atoms with van der Waals surface area (Å²) in [5, 5.41) is 3.16. The van der Waals surface area contributed by atoms with E-state index in [1.807, 2.05) is 12.3 Å². The van der Waals surface area contributed by atoms with E-state index in [-0.39, 0.29) is 24.0 Å². The third-order valence-electron chi connectivity index (χ3n) is 3.70. The average molecular weight is 417 g/mol. The highest BCUT2D eigenvalue weighted by Gasteiger charge is 2.13. The van der Waals surface area contributed by atoms with Crippen molar-refractivity contribution < 1.29 is 0 Å². The maximum atomic E-state index is 5.88. The summed E-state index contributed by atoms with van der Waals surface area (Å²) in [6.07, 6.45) is 5.49. The van der Waals surface area contributed by atoms with E-state index < -0.39 is 0 Å². The van der Waals surface area contributed by atoms with Gasteiger partial charge in [-0.3, -0.25) is 0 Å². The van der Waals surface area contributed by atoms with Gasteiger partial charge >= 0.3 is 0 Å². The highest BCUT2D eigenvalue weighted by Crippen LogP contribution is 2.18. The van der Waals surface area contributed by atoms with Gasteiger partial charge in [-0.15, -0.1) is 24.0 Å². The molecule has 1 aromatic heterocycles. The van der Waals surface area contributed by atoms with Gasteiger partial charge < -0.3 is 16.0 Å². The Morgan fingerprint density at radius 1 is 1.41 bits per heavy atom. The Bertz CT molecular complexity index is 469. The number of hydrogen-bond donors (Lipinski definition) is 2. The molecule has 0 bridgehead atoms. The van der Waals surface area contributed by atoms with Gasteiger partial charge in [0.1, 0.15) is 5.82 Å². The third kappa shape index (κ3) is 6.37. The van der Waals surface area contributed by atoms with Crippen LogP contribution in [0.2, 0.25) is 0 Å². The molecule has 0 spiro atoms. The number of pyridine rings is 1. The molecule has 2 heterocycles. The largest absolute Gasteiger partial charge is 0.370 e. The summed E-state index contributed by atoms with van der Waals surface area (Å²) in [6.45, 7) is 8.10. The number of nitrogens with two attached hydrogens (primary N) is 1. The van der Waals surface area contributed by atoms with Gasteiger partial charge in [0, 0.05) is 25.8 Å². The minimum Gasteiger partial charge on any atom is -0.370 e. The van der Waals surface area contributed by atoms with Crippen LogP contribution in [-0.4, -0.2) is 30.6 Å². The molecule has 1 aromatic rings. The fourth-order valence-corrected chi connectivity index (χ4v) is 2.40. The van der Waals surface area contributed by atoms with Crippen molar-refractivity contribution >= 4 is 35.8 Å². The first-order valence-corrected chi connectivity index (χ1v) is 7.89. The molecule has 0 atom stereocenters. The van der Waals surface area contributed by atoms with Crippen LogP contribution in [0.15, 0.2) is 23.3 Å². The Labute approximate surface area is 150 Å². The van der Waals surface area contributed by atoms with Gasteiger partial charge in [-0.2, -0.15) is 0 Å². The summed E-state index contributed by atoms with van der Waals surface area (Å²) < 4.78 is 0. The van der Waals surface area contributed by atoms with Crippen molar-refractivity contribution in [1.29, 1.82) is 0 Å². The second-order valence-corrected chi connectivity index (χ2v) is 6.03. The van der Waals surface area contributed by atoms with Gasteiger partial charge in [0.2, 0.25) is 0 Å². The van der Waals surface area contributed by atoms with Gasteiger partial charge in [0.15, 0.2) is 5.96 Å². The van der Waals surface area contributed by atoms with Crippen LogP contribution in [0.4, 0.5) is 5.82 Å². The summed E-state index contributed by atoms with van der Waals surface area (Å²) in [7, 11) is 0. The molecule has 1 fully saturated rings.